The SMILES string of the molecule is COc1ccc(SC#N)c(OC)c1. The predicted octanol–water partition coefficient (Wildman–Crippen LogP) is 2.28. The first kappa shape index (κ1) is 9.75. The highest BCUT2D eigenvalue weighted by molar-refractivity contribution is 8.03. The van der Waals surface area contributed by atoms with Crippen LogP contribution in [0.4, 0.5) is 0 Å². The van der Waals surface area contributed by atoms with E-state index in [1.807, 2.05) is 5.40 Å². The Labute approximate surface area is 81.3 Å². The lowest BCUT2D eigenvalue weighted by molar-refractivity contribution is 0.387. The number of nitrogens with zero attached hydrogens (tertiary/aromatic N) is 1. The summed E-state index contributed by atoms with van der Waals surface area (Å²) in [6, 6.07) is 5.34. The molecule has 0 amide bonds. The van der Waals surface area contributed by atoms with E-state index in [2.05, 4.69) is 0 Å². The van der Waals surface area contributed by atoms with Crippen molar-refractivity contribution >= 4 is 11.8 Å². The van der Waals surface area contributed by atoms with Crippen LogP contribution in [0.2, 0.25) is 0 Å². The number of thiocyanates is 1. The average Bonchev–Trinajstić information content (AvgIpc) is 2.19. The molecule has 0 atom stereocenters. The van der Waals surface area contributed by atoms with E-state index < -0.39 is 0 Å². The largest absolute Gasteiger partial charge is 0.497 e. The summed E-state index contributed by atoms with van der Waals surface area (Å²) in [6.07, 6.45) is 0. The highest BCUT2D eigenvalue weighted by atomic mass is 32.2. The van der Waals surface area contributed by atoms with Crippen molar-refractivity contribution in [1.29, 1.82) is 5.26 Å². The first-order valence-corrected chi connectivity index (χ1v) is 4.41. The molecule has 1 aromatic carbocycles. The van der Waals surface area contributed by atoms with Crippen molar-refractivity contribution in [3.05, 3.63) is 18.2 Å². The van der Waals surface area contributed by atoms with Gasteiger partial charge in [0, 0.05) is 6.07 Å². The van der Waals surface area contributed by atoms with Gasteiger partial charge in [0.25, 0.3) is 0 Å². The molecule has 4 heteroatoms. The van der Waals surface area contributed by atoms with E-state index in [4.69, 9.17) is 14.7 Å². The van der Waals surface area contributed by atoms with E-state index in [0.717, 1.165) is 22.4 Å². The Balaban J connectivity index is 3.02. The number of thioether (sulfide) groups is 1. The van der Waals surface area contributed by atoms with Crippen LogP contribution in [0.1, 0.15) is 0 Å². The normalized spacial score (nSPS) is 9.00. The van der Waals surface area contributed by atoms with Gasteiger partial charge in [-0.2, -0.15) is 5.26 Å². The third-order valence-corrected chi connectivity index (χ3v) is 2.17. The highest BCUT2D eigenvalue weighted by Crippen LogP contribution is 2.31. The van der Waals surface area contributed by atoms with Crippen molar-refractivity contribution in [2.45, 2.75) is 4.90 Å². The molecule has 1 rings (SSSR count). The summed E-state index contributed by atoms with van der Waals surface area (Å²) in [5, 5.41) is 10.5. The van der Waals surface area contributed by atoms with Crippen LogP contribution >= 0.6 is 11.8 Å². The zero-order valence-electron chi connectivity index (χ0n) is 7.40. The molecule has 0 fully saturated rings. The molecule has 0 spiro atoms. The summed E-state index contributed by atoms with van der Waals surface area (Å²) < 4.78 is 10.1. The minimum Gasteiger partial charge on any atom is -0.497 e. The summed E-state index contributed by atoms with van der Waals surface area (Å²) in [5.41, 5.74) is 0. The molecule has 0 radical (unpaired) electrons. The number of benzene rings is 1. The summed E-state index contributed by atoms with van der Waals surface area (Å²) in [5.74, 6) is 1.38. The topological polar surface area (TPSA) is 42.2 Å². The zero-order valence-corrected chi connectivity index (χ0v) is 8.22. The Morgan fingerprint density at radius 2 is 2.08 bits per heavy atom. The summed E-state index contributed by atoms with van der Waals surface area (Å²) >= 11 is 1.07. The Bertz CT molecular complexity index is 333. The first-order valence-electron chi connectivity index (χ1n) is 3.59. The molecule has 0 aliphatic carbocycles. The van der Waals surface area contributed by atoms with Crippen LogP contribution in [0.5, 0.6) is 11.5 Å². The molecule has 0 saturated carbocycles. The number of hydrogen-bond donors (Lipinski definition) is 0. The van der Waals surface area contributed by atoms with Crippen molar-refractivity contribution < 1.29 is 9.47 Å². The Morgan fingerprint density at radius 1 is 1.31 bits per heavy atom. The van der Waals surface area contributed by atoms with Crippen LogP contribution < -0.4 is 9.47 Å². The fourth-order valence-electron chi connectivity index (χ4n) is 0.908. The molecule has 0 saturated heterocycles. The minimum absolute atomic E-state index is 0.658. The molecule has 3 nitrogen and oxygen atoms in total. The number of nitriles is 1. The van der Waals surface area contributed by atoms with Gasteiger partial charge in [0.15, 0.2) is 0 Å². The van der Waals surface area contributed by atoms with Crippen LogP contribution in [-0.2, 0) is 0 Å². The van der Waals surface area contributed by atoms with E-state index in [0.29, 0.717) is 5.75 Å². The van der Waals surface area contributed by atoms with Crippen molar-refractivity contribution in [2.75, 3.05) is 14.2 Å². The second-order valence-corrected chi connectivity index (χ2v) is 3.04. The lowest BCUT2D eigenvalue weighted by atomic mass is 10.3. The van der Waals surface area contributed by atoms with Crippen molar-refractivity contribution in [2.24, 2.45) is 0 Å². The van der Waals surface area contributed by atoms with Gasteiger partial charge in [0.2, 0.25) is 0 Å². The van der Waals surface area contributed by atoms with E-state index in [9.17, 15) is 0 Å². The van der Waals surface area contributed by atoms with Crippen LogP contribution in [0.15, 0.2) is 23.1 Å². The van der Waals surface area contributed by atoms with Gasteiger partial charge in [0.05, 0.1) is 19.1 Å². The molecule has 0 bridgehead atoms. The second-order valence-electron chi connectivity index (χ2n) is 2.21. The quantitative estimate of drug-likeness (QED) is 0.548. The van der Waals surface area contributed by atoms with Gasteiger partial charge in [-0.3, -0.25) is 0 Å². The lowest BCUT2D eigenvalue weighted by Crippen LogP contribution is -1.88. The fraction of sp³-hybridized carbons (Fsp3) is 0.222. The third kappa shape index (κ3) is 2.30. The van der Waals surface area contributed by atoms with Crippen molar-refractivity contribution in [3.8, 4) is 16.9 Å². The smallest absolute Gasteiger partial charge is 0.138 e. The van der Waals surface area contributed by atoms with Gasteiger partial charge in [-0.05, 0) is 23.9 Å². The van der Waals surface area contributed by atoms with Crippen LogP contribution in [0, 0.1) is 10.7 Å². The van der Waals surface area contributed by atoms with Crippen LogP contribution in [0.25, 0.3) is 0 Å². The Hall–Kier alpha value is -1.34. The standard InChI is InChI=1S/C9H9NO2S/c1-11-7-3-4-9(13-6-10)8(5-7)12-2/h3-5H,1-2H3. The summed E-state index contributed by atoms with van der Waals surface area (Å²) in [6.45, 7) is 0. The average molecular weight is 195 g/mol. The molecule has 0 aliphatic rings. The van der Waals surface area contributed by atoms with Gasteiger partial charge in [-0.25, -0.2) is 0 Å². The van der Waals surface area contributed by atoms with Gasteiger partial charge in [0.1, 0.15) is 16.9 Å². The number of ether oxygens (including phenoxy) is 2. The van der Waals surface area contributed by atoms with E-state index >= 15 is 0 Å². The Kier molecular flexibility index (Phi) is 3.47. The van der Waals surface area contributed by atoms with Gasteiger partial charge >= 0.3 is 0 Å². The summed E-state index contributed by atoms with van der Waals surface area (Å²) in [4.78, 5) is 0.797. The van der Waals surface area contributed by atoms with E-state index in [1.165, 1.54) is 0 Å². The van der Waals surface area contributed by atoms with Crippen molar-refractivity contribution in [1.82, 2.24) is 0 Å². The maximum Gasteiger partial charge on any atom is 0.138 e. The molecule has 0 heterocycles. The molecule has 0 N–H and O–H groups in total. The molecular weight excluding hydrogens is 186 g/mol. The summed E-state index contributed by atoms with van der Waals surface area (Å²) in [7, 11) is 3.15. The van der Waals surface area contributed by atoms with Gasteiger partial charge in [-0.1, -0.05) is 0 Å². The molecular formula is C9H9NO2S. The van der Waals surface area contributed by atoms with E-state index in [1.54, 1.807) is 32.4 Å². The molecule has 0 aromatic heterocycles. The zero-order chi connectivity index (χ0) is 9.68. The first-order chi connectivity index (χ1) is 6.31. The number of methoxy groups -OCH3 is 2. The minimum atomic E-state index is 0.658. The molecule has 0 aliphatic heterocycles. The van der Waals surface area contributed by atoms with Gasteiger partial charge in [-0.15, -0.1) is 0 Å². The van der Waals surface area contributed by atoms with E-state index in [-0.39, 0.29) is 0 Å². The Morgan fingerprint density at radius 3 is 2.62 bits per heavy atom. The maximum atomic E-state index is 8.49. The van der Waals surface area contributed by atoms with Gasteiger partial charge < -0.3 is 9.47 Å². The van der Waals surface area contributed by atoms with Crippen LogP contribution in [0.3, 0.4) is 0 Å². The monoisotopic (exact) mass is 195 g/mol. The molecule has 1 aromatic rings. The maximum absolute atomic E-state index is 8.49. The molecule has 13 heavy (non-hydrogen) atoms. The lowest BCUT2D eigenvalue weighted by Gasteiger charge is -2.06. The van der Waals surface area contributed by atoms with Crippen LogP contribution in [-0.4, -0.2) is 14.2 Å². The van der Waals surface area contributed by atoms with Crippen molar-refractivity contribution in [3.63, 3.8) is 0 Å². The highest BCUT2D eigenvalue weighted by Gasteiger charge is 2.04. The number of hydrogen-bond acceptors (Lipinski definition) is 4. The number of rotatable bonds is 3. The predicted molar refractivity (Wildman–Crippen MR) is 51.0 cm³/mol. The molecule has 68 valence electrons. The second kappa shape index (κ2) is 4.63. The fourth-order valence-corrected chi connectivity index (χ4v) is 1.39. The third-order valence-electron chi connectivity index (χ3n) is 1.53. The molecule has 0 unspecified atom stereocenters.